The summed E-state index contributed by atoms with van der Waals surface area (Å²) in [6, 6.07) is 10.1. The summed E-state index contributed by atoms with van der Waals surface area (Å²) in [5, 5.41) is 3.85. The molecule has 0 aliphatic carbocycles. The molecule has 19 heavy (non-hydrogen) atoms. The van der Waals surface area contributed by atoms with E-state index in [-0.39, 0.29) is 0 Å². The minimum absolute atomic E-state index is 0.504. The summed E-state index contributed by atoms with van der Waals surface area (Å²) < 4.78 is 5.20. The third-order valence-electron chi connectivity index (χ3n) is 2.99. The number of hydrogen-bond donors (Lipinski definition) is 1. The Bertz CT molecular complexity index is 537. The normalized spacial score (nSPS) is 10.5. The standard InChI is InChI=1S/C15H17ClN2O/c1-11-7-8-17-15(16)14(11)18-9-12-5-3-4-6-13(12)10-19-2/h3-8,18H,9-10H2,1-2H3. The van der Waals surface area contributed by atoms with Crippen molar-refractivity contribution < 1.29 is 4.74 Å². The van der Waals surface area contributed by atoms with Crippen molar-refractivity contribution in [1.82, 2.24) is 4.98 Å². The van der Waals surface area contributed by atoms with Gasteiger partial charge in [0.25, 0.3) is 0 Å². The maximum absolute atomic E-state index is 6.10. The average molecular weight is 277 g/mol. The Morgan fingerprint density at radius 3 is 2.63 bits per heavy atom. The molecule has 0 atom stereocenters. The summed E-state index contributed by atoms with van der Waals surface area (Å²) >= 11 is 6.10. The van der Waals surface area contributed by atoms with Crippen molar-refractivity contribution in [3.05, 3.63) is 58.4 Å². The number of pyridine rings is 1. The van der Waals surface area contributed by atoms with E-state index in [1.807, 2.05) is 25.1 Å². The molecule has 3 nitrogen and oxygen atoms in total. The fourth-order valence-electron chi connectivity index (χ4n) is 1.95. The van der Waals surface area contributed by atoms with Crippen LogP contribution in [0.2, 0.25) is 5.15 Å². The molecule has 0 saturated heterocycles. The lowest BCUT2D eigenvalue weighted by Gasteiger charge is -2.13. The molecule has 0 aliphatic rings. The van der Waals surface area contributed by atoms with Gasteiger partial charge < -0.3 is 10.1 Å². The number of halogens is 1. The van der Waals surface area contributed by atoms with Gasteiger partial charge in [-0.1, -0.05) is 35.9 Å². The fourth-order valence-corrected chi connectivity index (χ4v) is 2.22. The largest absolute Gasteiger partial charge is 0.380 e. The van der Waals surface area contributed by atoms with Crippen molar-refractivity contribution in [2.24, 2.45) is 0 Å². The molecule has 0 fully saturated rings. The van der Waals surface area contributed by atoms with E-state index >= 15 is 0 Å². The van der Waals surface area contributed by atoms with Crippen LogP contribution >= 0.6 is 11.6 Å². The molecule has 0 amide bonds. The fraction of sp³-hybridized carbons (Fsp3) is 0.267. The molecule has 1 N–H and O–H groups in total. The lowest BCUT2D eigenvalue weighted by molar-refractivity contribution is 0.184. The van der Waals surface area contributed by atoms with Gasteiger partial charge in [-0.3, -0.25) is 0 Å². The average Bonchev–Trinajstić information content (AvgIpc) is 2.40. The second-order valence-corrected chi connectivity index (χ2v) is 4.71. The summed E-state index contributed by atoms with van der Waals surface area (Å²) in [5.74, 6) is 0. The topological polar surface area (TPSA) is 34.1 Å². The molecule has 0 spiro atoms. The summed E-state index contributed by atoms with van der Waals surface area (Å²) in [4.78, 5) is 4.09. The molecule has 4 heteroatoms. The van der Waals surface area contributed by atoms with Gasteiger partial charge in [0.1, 0.15) is 0 Å². The Morgan fingerprint density at radius 2 is 1.95 bits per heavy atom. The van der Waals surface area contributed by atoms with Crippen LogP contribution in [0.25, 0.3) is 0 Å². The first-order chi connectivity index (χ1) is 9.22. The number of rotatable bonds is 5. The minimum atomic E-state index is 0.504. The molecule has 2 aromatic rings. The minimum Gasteiger partial charge on any atom is -0.380 e. The second-order valence-electron chi connectivity index (χ2n) is 4.35. The van der Waals surface area contributed by atoms with Gasteiger partial charge in [0.2, 0.25) is 0 Å². The molecule has 1 heterocycles. The zero-order valence-electron chi connectivity index (χ0n) is 11.1. The third-order valence-corrected chi connectivity index (χ3v) is 3.27. The third kappa shape index (κ3) is 3.46. The molecule has 0 unspecified atom stereocenters. The van der Waals surface area contributed by atoms with Gasteiger partial charge in [0, 0.05) is 19.9 Å². The number of benzene rings is 1. The smallest absolute Gasteiger partial charge is 0.152 e. The predicted octanol–water partition coefficient (Wildman–Crippen LogP) is 3.80. The number of aryl methyl sites for hydroxylation is 1. The van der Waals surface area contributed by atoms with E-state index in [0.29, 0.717) is 18.3 Å². The van der Waals surface area contributed by atoms with E-state index in [1.54, 1.807) is 13.3 Å². The Labute approximate surface area is 118 Å². The van der Waals surface area contributed by atoms with E-state index in [0.717, 1.165) is 11.3 Å². The van der Waals surface area contributed by atoms with E-state index in [4.69, 9.17) is 16.3 Å². The van der Waals surface area contributed by atoms with E-state index < -0.39 is 0 Å². The molecule has 1 aromatic carbocycles. The predicted molar refractivity (Wildman–Crippen MR) is 78.5 cm³/mol. The summed E-state index contributed by atoms with van der Waals surface area (Å²) in [6.45, 7) is 3.32. The summed E-state index contributed by atoms with van der Waals surface area (Å²) in [6.07, 6.45) is 1.71. The van der Waals surface area contributed by atoms with Crippen LogP contribution < -0.4 is 5.32 Å². The van der Waals surface area contributed by atoms with Gasteiger partial charge in [-0.2, -0.15) is 0 Å². The van der Waals surface area contributed by atoms with Crippen molar-refractivity contribution in [2.75, 3.05) is 12.4 Å². The SMILES string of the molecule is COCc1ccccc1CNc1c(C)ccnc1Cl. The molecule has 100 valence electrons. The number of hydrogen-bond acceptors (Lipinski definition) is 3. The summed E-state index contributed by atoms with van der Waals surface area (Å²) in [7, 11) is 1.70. The van der Waals surface area contributed by atoms with Crippen molar-refractivity contribution >= 4 is 17.3 Å². The highest BCUT2D eigenvalue weighted by molar-refractivity contribution is 6.32. The maximum atomic E-state index is 6.10. The molecule has 0 saturated carbocycles. The molecule has 0 bridgehead atoms. The monoisotopic (exact) mass is 276 g/mol. The first kappa shape index (κ1) is 13.8. The molecule has 0 aliphatic heterocycles. The van der Waals surface area contributed by atoms with Gasteiger partial charge in [-0.25, -0.2) is 4.98 Å². The lowest BCUT2D eigenvalue weighted by atomic mass is 10.1. The zero-order valence-corrected chi connectivity index (χ0v) is 11.9. The highest BCUT2D eigenvalue weighted by Gasteiger charge is 2.06. The van der Waals surface area contributed by atoms with Crippen molar-refractivity contribution in [3.8, 4) is 0 Å². The summed E-state index contributed by atoms with van der Waals surface area (Å²) in [5.41, 5.74) is 4.35. The Balaban J connectivity index is 2.15. The first-order valence-corrected chi connectivity index (χ1v) is 6.51. The van der Waals surface area contributed by atoms with Crippen LogP contribution in [0.5, 0.6) is 0 Å². The Hall–Kier alpha value is -1.58. The van der Waals surface area contributed by atoms with Gasteiger partial charge in [-0.05, 0) is 29.7 Å². The van der Waals surface area contributed by atoms with E-state index in [9.17, 15) is 0 Å². The van der Waals surface area contributed by atoms with Gasteiger partial charge in [-0.15, -0.1) is 0 Å². The van der Waals surface area contributed by atoms with Crippen LogP contribution in [0, 0.1) is 6.92 Å². The first-order valence-electron chi connectivity index (χ1n) is 6.13. The second kappa shape index (κ2) is 6.55. The van der Waals surface area contributed by atoms with Crippen molar-refractivity contribution in [3.63, 3.8) is 0 Å². The Morgan fingerprint density at radius 1 is 1.21 bits per heavy atom. The van der Waals surface area contributed by atoms with Crippen molar-refractivity contribution in [1.29, 1.82) is 0 Å². The number of nitrogens with one attached hydrogen (secondary N) is 1. The van der Waals surface area contributed by atoms with Crippen LogP contribution in [-0.4, -0.2) is 12.1 Å². The van der Waals surface area contributed by atoms with Crippen LogP contribution in [0.3, 0.4) is 0 Å². The molecule has 1 aromatic heterocycles. The van der Waals surface area contributed by atoms with Crippen LogP contribution in [0.15, 0.2) is 36.5 Å². The van der Waals surface area contributed by atoms with Gasteiger partial charge >= 0.3 is 0 Å². The molecule has 2 rings (SSSR count). The zero-order chi connectivity index (χ0) is 13.7. The van der Waals surface area contributed by atoms with Crippen LogP contribution in [0.4, 0.5) is 5.69 Å². The lowest BCUT2D eigenvalue weighted by Crippen LogP contribution is -2.05. The number of ether oxygens (including phenoxy) is 1. The highest BCUT2D eigenvalue weighted by Crippen LogP contribution is 2.23. The van der Waals surface area contributed by atoms with Crippen LogP contribution in [0.1, 0.15) is 16.7 Å². The van der Waals surface area contributed by atoms with Gasteiger partial charge in [0.05, 0.1) is 12.3 Å². The number of nitrogens with zero attached hydrogens (tertiary/aromatic N) is 1. The molecular weight excluding hydrogens is 260 g/mol. The quantitative estimate of drug-likeness (QED) is 0.844. The maximum Gasteiger partial charge on any atom is 0.152 e. The van der Waals surface area contributed by atoms with Gasteiger partial charge in [0.15, 0.2) is 5.15 Å². The number of anilines is 1. The molecular formula is C15H17ClN2O. The highest BCUT2D eigenvalue weighted by atomic mass is 35.5. The van der Waals surface area contributed by atoms with Crippen molar-refractivity contribution in [2.45, 2.75) is 20.1 Å². The van der Waals surface area contributed by atoms with E-state index in [2.05, 4.69) is 22.4 Å². The number of aromatic nitrogens is 1. The number of methoxy groups -OCH3 is 1. The Kier molecular flexibility index (Phi) is 4.77. The van der Waals surface area contributed by atoms with Crippen LogP contribution in [-0.2, 0) is 17.9 Å². The molecule has 0 radical (unpaired) electrons. The van der Waals surface area contributed by atoms with E-state index in [1.165, 1.54) is 11.1 Å².